The number of piperidine rings is 1. The Balaban J connectivity index is 1.26. The van der Waals surface area contributed by atoms with Gasteiger partial charge in [-0.2, -0.15) is 0 Å². The van der Waals surface area contributed by atoms with Crippen molar-refractivity contribution in [2.45, 2.75) is 39.2 Å². The molecule has 1 aromatic heterocycles. The molecule has 3 heterocycles. The summed E-state index contributed by atoms with van der Waals surface area (Å²) in [6.45, 7) is 9.16. The molecule has 0 saturated carbocycles. The Hall–Kier alpha value is -3.36. The number of aromatic nitrogens is 2. The van der Waals surface area contributed by atoms with E-state index >= 15 is 0 Å². The number of carbonyl (C=O) groups excluding carboxylic acids is 2. The van der Waals surface area contributed by atoms with Crippen LogP contribution in [0.15, 0.2) is 42.7 Å². The van der Waals surface area contributed by atoms with Gasteiger partial charge in [-0.1, -0.05) is 18.2 Å². The minimum atomic E-state index is -0.518. The van der Waals surface area contributed by atoms with Crippen molar-refractivity contribution in [2.75, 3.05) is 44.2 Å². The highest BCUT2D eigenvalue weighted by Gasteiger charge is 2.32. The Morgan fingerprint density at radius 3 is 2.21 bits per heavy atom. The molecular weight excluding hydrogens is 434 g/mol. The van der Waals surface area contributed by atoms with Crippen molar-refractivity contribution in [1.29, 1.82) is 0 Å². The fraction of sp³-hybridized carbons (Fsp3) is 0.520. The van der Waals surface area contributed by atoms with Crippen LogP contribution in [0.2, 0.25) is 0 Å². The van der Waals surface area contributed by atoms with E-state index in [0.717, 1.165) is 37.5 Å². The van der Waals surface area contributed by atoms with Gasteiger partial charge in [0.15, 0.2) is 0 Å². The van der Waals surface area contributed by atoms with Crippen molar-refractivity contribution >= 4 is 17.8 Å². The first-order valence-electron chi connectivity index (χ1n) is 11.8. The van der Waals surface area contributed by atoms with Crippen LogP contribution in [-0.4, -0.2) is 76.6 Å². The summed E-state index contributed by atoms with van der Waals surface area (Å²) < 4.78 is 11.3. The van der Waals surface area contributed by atoms with Gasteiger partial charge in [0, 0.05) is 51.3 Å². The summed E-state index contributed by atoms with van der Waals surface area (Å²) in [5, 5.41) is 0. The molecule has 0 bridgehead atoms. The second kappa shape index (κ2) is 10.3. The molecule has 2 aromatic rings. The minimum absolute atomic E-state index is 0.00815. The first-order valence-corrected chi connectivity index (χ1v) is 11.8. The number of ether oxygens (including phenoxy) is 2. The second-order valence-electron chi connectivity index (χ2n) is 9.68. The first kappa shape index (κ1) is 23.8. The summed E-state index contributed by atoms with van der Waals surface area (Å²) in [4.78, 5) is 39.7. The Labute approximate surface area is 200 Å². The zero-order valence-electron chi connectivity index (χ0n) is 20.1. The van der Waals surface area contributed by atoms with E-state index < -0.39 is 5.60 Å². The van der Waals surface area contributed by atoms with E-state index in [0.29, 0.717) is 32.1 Å². The van der Waals surface area contributed by atoms with Crippen LogP contribution in [0.1, 0.15) is 33.6 Å². The predicted octanol–water partition coefficient (Wildman–Crippen LogP) is 3.56. The summed E-state index contributed by atoms with van der Waals surface area (Å²) in [7, 11) is 0. The van der Waals surface area contributed by atoms with Gasteiger partial charge in [0.25, 0.3) is 0 Å². The van der Waals surface area contributed by atoms with Crippen LogP contribution in [0, 0.1) is 5.92 Å². The number of amides is 2. The van der Waals surface area contributed by atoms with Crippen LogP contribution in [0.4, 0.5) is 10.6 Å². The van der Waals surface area contributed by atoms with E-state index in [4.69, 9.17) is 9.47 Å². The highest BCUT2D eigenvalue weighted by atomic mass is 16.6. The van der Waals surface area contributed by atoms with E-state index in [1.807, 2.05) is 62.1 Å². The molecule has 2 fully saturated rings. The van der Waals surface area contributed by atoms with Gasteiger partial charge >= 0.3 is 6.09 Å². The molecule has 1 aromatic carbocycles. The number of carbonyl (C=O) groups is 2. The largest absolute Gasteiger partial charge is 0.444 e. The third-order valence-electron chi connectivity index (χ3n) is 6.00. The lowest BCUT2D eigenvalue weighted by Crippen LogP contribution is -2.53. The quantitative estimate of drug-likeness (QED) is 0.679. The molecule has 0 spiro atoms. The van der Waals surface area contributed by atoms with Crippen LogP contribution in [-0.2, 0) is 9.53 Å². The molecule has 0 atom stereocenters. The molecule has 182 valence electrons. The molecule has 0 N–H and O–H groups in total. The van der Waals surface area contributed by atoms with Crippen molar-refractivity contribution in [3.63, 3.8) is 0 Å². The van der Waals surface area contributed by atoms with E-state index in [9.17, 15) is 9.59 Å². The lowest BCUT2D eigenvalue weighted by molar-refractivity contribution is -0.138. The molecule has 2 aliphatic heterocycles. The monoisotopic (exact) mass is 467 g/mol. The van der Waals surface area contributed by atoms with Gasteiger partial charge in [-0.3, -0.25) is 4.79 Å². The third-order valence-corrected chi connectivity index (χ3v) is 6.00. The molecule has 9 heteroatoms. The number of anilines is 1. The molecule has 2 aliphatic rings. The number of hydrogen-bond acceptors (Lipinski definition) is 7. The molecule has 2 saturated heterocycles. The van der Waals surface area contributed by atoms with Crippen molar-refractivity contribution in [1.82, 2.24) is 19.8 Å². The Kier molecular flexibility index (Phi) is 7.19. The van der Waals surface area contributed by atoms with E-state index in [1.54, 1.807) is 4.90 Å². The number of piperazine rings is 1. The Morgan fingerprint density at radius 2 is 1.56 bits per heavy atom. The summed E-state index contributed by atoms with van der Waals surface area (Å²) in [5.41, 5.74) is -0.518. The van der Waals surface area contributed by atoms with Gasteiger partial charge in [0.2, 0.25) is 11.8 Å². The lowest BCUT2D eigenvalue weighted by atomic mass is 9.95. The number of para-hydroxylation sites is 1. The van der Waals surface area contributed by atoms with Crippen molar-refractivity contribution < 1.29 is 19.1 Å². The standard InChI is InChI=1S/C25H33N5O4/c1-25(2,3)34-24(32)30-15-13-29(14-16-30)23(31)19-9-11-28(12-10-19)21-17-22(27-18-26-21)33-20-7-5-4-6-8-20/h4-8,17-19H,9-16H2,1-3H3. The fourth-order valence-electron chi connectivity index (χ4n) is 4.22. The van der Waals surface area contributed by atoms with E-state index in [-0.39, 0.29) is 17.9 Å². The topological polar surface area (TPSA) is 88.1 Å². The number of hydrogen-bond donors (Lipinski definition) is 0. The van der Waals surface area contributed by atoms with Crippen molar-refractivity contribution in [3.8, 4) is 11.6 Å². The summed E-state index contributed by atoms with van der Waals surface area (Å²) >= 11 is 0. The summed E-state index contributed by atoms with van der Waals surface area (Å²) in [6.07, 6.45) is 2.73. The Morgan fingerprint density at radius 1 is 0.912 bits per heavy atom. The summed E-state index contributed by atoms with van der Waals surface area (Å²) in [5.74, 6) is 2.20. The fourth-order valence-corrected chi connectivity index (χ4v) is 4.22. The minimum Gasteiger partial charge on any atom is -0.444 e. The molecule has 0 radical (unpaired) electrons. The van der Waals surface area contributed by atoms with Gasteiger partial charge in [0.1, 0.15) is 23.5 Å². The maximum absolute atomic E-state index is 13.1. The van der Waals surface area contributed by atoms with Gasteiger partial charge in [-0.15, -0.1) is 0 Å². The second-order valence-corrected chi connectivity index (χ2v) is 9.68. The first-order chi connectivity index (χ1) is 16.3. The molecule has 0 aliphatic carbocycles. The predicted molar refractivity (Wildman–Crippen MR) is 128 cm³/mol. The maximum atomic E-state index is 13.1. The van der Waals surface area contributed by atoms with Gasteiger partial charge in [-0.25, -0.2) is 14.8 Å². The van der Waals surface area contributed by atoms with Gasteiger partial charge in [0.05, 0.1) is 0 Å². The van der Waals surface area contributed by atoms with Gasteiger partial charge < -0.3 is 24.2 Å². The van der Waals surface area contributed by atoms with Crippen LogP contribution in [0.3, 0.4) is 0 Å². The van der Waals surface area contributed by atoms with Crippen LogP contribution in [0.5, 0.6) is 11.6 Å². The molecular formula is C25H33N5O4. The van der Waals surface area contributed by atoms with Crippen molar-refractivity contribution in [2.24, 2.45) is 5.92 Å². The smallest absolute Gasteiger partial charge is 0.410 e. The van der Waals surface area contributed by atoms with Crippen LogP contribution < -0.4 is 9.64 Å². The average Bonchev–Trinajstić information content (AvgIpc) is 2.83. The Bertz CT molecular complexity index is 978. The highest BCUT2D eigenvalue weighted by molar-refractivity contribution is 5.79. The van der Waals surface area contributed by atoms with Crippen molar-refractivity contribution in [3.05, 3.63) is 42.7 Å². The zero-order chi connectivity index (χ0) is 24.1. The molecule has 4 rings (SSSR count). The van der Waals surface area contributed by atoms with Crippen LogP contribution >= 0.6 is 0 Å². The molecule has 34 heavy (non-hydrogen) atoms. The van der Waals surface area contributed by atoms with Gasteiger partial charge in [-0.05, 0) is 45.7 Å². The third kappa shape index (κ3) is 6.15. The number of nitrogens with zero attached hydrogens (tertiary/aromatic N) is 5. The van der Waals surface area contributed by atoms with Crippen LogP contribution in [0.25, 0.3) is 0 Å². The SMILES string of the molecule is CC(C)(C)OC(=O)N1CCN(C(=O)C2CCN(c3cc(Oc4ccccc4)ncn3)CC2)CC1. The summed E-state index contributed by atoms with van der Waals surface area (Å²) in [6, 6.07) is 11.4. The van der Waals surface area contributed by atoms with E-state index in [1.165, 1.54) is 6.33 Å². The average molecular weight is 468 g/mol. The number of rotatable bonds is 4. The van der Waals surface area contributed by atoms with E-state index in [2.05, 4.69) is 14.9 Å². The maximum Gasteiger partial charge on any atom is 0.410 e. The molecule has 9 nitrogen and oxygen atoms in total. The number of benzene rings is 1. The highest BCUT2D eigenvalue weighted by Crippen LogP contribution is 2.27. The molecule has 2 amide bonds. The lowest BCUT2D eigenvalue weighted by Gasteiger charge is -2.39. The zero-order valence-corrected chi connectivity index (χ0v) is 20.1. The molecule has 0 unspecified atom stereocenters. The normalized spacial score (nSPS) is 17.4.